The van der Waals surface area contributed by atoms with Gasteiger partial charge in [-0.3, -0.25) is 14.2 Å². The van der Waals surface area contributed by atoms with Crippen LogP contribution in [0.2, 0.25) is 0 Å². The van der Waals surface area contributed by atoms with Gasteiger partial charge < -0.3 is 4.74 Å². The van der Waals surface area contributed by atoms with Gasteiger partial charge in [-0.25, -0.2) is 4.98 Å². The van der Waals surface area contributed by atoms with E-state index in [0.717, 1.165) is 28.3 Å². The quantitative estimate of drug-likeness (QED) is 0.412. The minimum absolute atomic E-state index is 0.0561. The molecule has 27 heavy (non-hydrogen) atoms. The van der Waals surface area contributed by atoms with E-state index in [2.05, 4.69) is 6.92 Å². The van der Waals surface area contributed by atoms with Crippen molar-refractivity contribution < 1.29 is 9.53 Å². The SMILES string of the molecule is CCOC(=O)[C@@H](CC)Sc1nc2c(c(=O)n1-c1ccc(C)cc1)S[C@@H](C)C2. The summed E-state index contributed by atoms with van der Waals surface area (Å²) in [5.41, 5.74) is 2.67. The molecule has 0 aliphatic carbocycles. The summed E-state index contributed by atoms with van der Waals surface area (Å²) in [7, 11) is 0. The van der Waals surface area contributed by atoms with Crippen molar-refractivity contribution in [2.24, 2.45) is 0 Å². The van der Waals surface area contributed by atoms with Crippen LogP contribution in [-0.4, -0.2) is 32.6 Å². The number of carbonyl (C=O) groups excluding carboxylic acids is 1. The number of fused-ring (bicyclic) bond motifs is 1. The second-order valence-corrected chi connectivity index (χ2v) is 9.16. The number of benzene rings is 1. The Kier molecular flexibility index (Phi) is 6.32. The first kappa shape index (κ1) is 20.0. The summed E-state index contributed by atoms with van der Waals surface area (Å²) in [6.07, 6.45) is 1.38. The molecule has 0 N–H and O–H groups in total. The third-order valence-electron chi connectivity index (χ3n) is 4.34. The molecule has 0 unspecified atom stereocenters. The van der Waals surface area contributed by atoms with Crippen molar-refractivity contribution in [2.75, 3.05) is 6.61 Å². The van der Waals surface area contributed by atoms with Crippen molar-refractivity contribution in [1.82, 2.24) is 9.55 Å². The van der Waals surface area contributed by atoms with Crippen LogP contribution < -0.4 is 5.56 Å². The molecule has 0 saturated heterocycles. The highest BCUT2D eigenvalue weighted by Crippen LogP contribution is 2.36. The second kappa shape index (κ2) is 8.52. The summed E-state index contributed by atoms with van der Waals surface area (Å²) >= 11 is 2.89. The minimum Gasteiger partial charge on any atom is -0.465 e. The normalized spacial score (nSPS) is 16.8. The third-order valence-corrected chi connectivity index (χ3v) is 6.85. The minimum atomic E-state index is -0.391. The Morgan fingerprint density at radius 3 is 2.70 bits per heavy atom. The number of aromatic nitrogens is 2. The van der Waals surface area contributed by atoms with Crippen LogP contribution in [0.1, 0.15) is 38.4 Å². The smallest absolute Gasteiger partial charge is 0.319 e. The Morgan fingerprint density at radius 2 is 2.07 bits per heavy atom. The van der Waals surface area contributed by atoms with Crippen LogP contribution in [0, 0.1) is 6.92 Å². The molecule has 3 rings (SSSR count). The van der Waals surface area contributed by atoms with E-state index >= 15 is 0 Å². The molecule has 0 saturated carbocycles. The van der Waals surface area contributed by atoms with Crippen molar-refractivity contribution in [3.8, 4) is 5.69 Å². The van der Waals surface area contributed by atoms with Crippen molar-refractivity contribution >= 4 is 29.5 Å². The molecular weight excluding hydrogens is 380 g/mol. The summed E-state index contributed by atoms with van der Waals surface area (Å²) in [6.45, 7) is 8.18. The highest BCUT2D eigenvalue weighted by molar-refractivity contribution is 8.00. The van der Waals surface area contributed by atoms with Gasteiger partial charge in [-0.15, -0.1) is 11.8 Å². The molecule has 7 heteroatoms. The second-order valence-electron chi connectivity index (χ2n) is 6.55. The molecule has 5 nitrogen and oxygen atoms in total. The fourth-order valence-corrected chi connectivity index (χ4v) is 5.10. The molecule has 0 radical (unpaired) electrons. The number of carbonyl (C=O) groups is 1. The molecule has 1 aliphatic rings. The van der Waals surface area contributed by atoms with Crippen molar-refractivity contribution in [3.63, 3.8) is 0 Å². The number of esters is 1. The lowest BCUT2D eigenvalue weighted by atomic mass is 10.2. The van der Waals surface area contributed by atoms with Gasteiger partial charge in [0.1, 0.15) is 5.25 Å². The topological polar surface area (TPSA) is 61.2 Å². The summed E-state index contributed by atoms with van der Waals surface area (Å²) in [5, 5.41) is 0.495. The maximum absolute atomic E-state index is 13.3. The molecule has 1 aromatic carbocycles. The fraction of sp³-hybridized carbons (Fsp3) is 0.450. The lowest BCUT2D eigenvalue weighted by molar-refractivity contribution is -0.142. The molecule has 0 fully saturated rings. The fourth-order valence-electron chi connectivity index (χ4n) is 2.96. The first-order chi connectivity index (χ1) is 12.9. The van der Waals surface area contributed by atoms with Crippen LogP contribution in [0.5, 0.6) is 0 Å². The summed E-state index contributed by atoms with van der Waals surface area (Å²) in [5.74, 6) is -0.266. The van der Waals surface area contributed by atoms with Gasteiger partial charge in [0, 0.05) is 11.7 Å². The monoisotopic (exact) mass is 404 g/mol. The lowest BCUT2D eigenvalue weighted by Gasteiger charge is -2.17. The molecule has 0 spiro atoms. The first-order valence-electron chi connectivity index (χ1n) is 9.17. The molecule has 1 aliphatic heterocycles. The average Bonchev–Trinajstić information content (AvgIpc) is 3.02. The number of thioether (sulfide) groups is 2. The Labute approximate surface area is 167 Å². The summed E-state index contributed by atoms with van der Waals surface area (Å²) in [4.78, 5) is 31.0. The van der Waals surface area contributed by atoms with Crippen LogP contribution in [-0.2, 0) is 16.0 Å². The van der Waals surface area contributed by atoms with E-state index in [1.54, 1.807) is 23.3 Å². The van der Waals surface area contributed by atoms with Crippen molar-refractivity contribution in [1.29, 1.82) is 0 Å². The van der Waals surface area contributed by atoms with Crippen LogP contribution >= 0.6 is 23.5 Å². The number of rotatable bonds is 6. The number of nitrogens with zero attached hydrogens (tertiary/aromatic N) is 2. The van der Waals surface area contributed by atoms with E-state index in [4.69, 9.17) is 9.72 Å². The van der Waals surface area contributed by atoms with Crippen LogP contribution in [0.4, 0.5) is 0 Å². The molecule has 1 aromatic heterocycles. The van der Waals surface area contributed by atoms with Gasteiger partial charge >= 0.3 is 5.97 Å². The van der Waals surface area contributed by atoms with Gasteiger partial charge in [0.15, 0.2) is 5.16 Å². The molecule has 0 amide bonds. The van der Waals surface area contributed by atoms with E-state index in [0.29, 0.717) is 23.4 Å². The van der Waals surface area contributed by atoms with Crippen LogP contribution in [0.15, 0.2) is 39.1 Å². The summed E-state index contributed by atoms with van der Waals surface area (Å²) in [6, 6.07) is 7.79. The van der Waals surface area contributed by atoms with E-state index in [-0.39, 0.29) is 11.5 Å². The Bertz CT molecular complexity index is 893. The number of hydrogen-bond acceptors (Lipinski definition) is 6. The Morgan fingerprint density at radius 1 is 1.37 bits per heavy atom. The molecular formula is C20H24N2O3S2. The van der Waals surface area contributed by atoms with Gasteiger partial charge in [0.2, 0.25) is 0 Å². The van der Waals surface area contributed by atoms with E-state index < -0.39 is 5.25 Å². The lowest BCUT2D eigenvalue weighted by Crippen LogP contribution is -2.26. The third kappa shape index (κ3) is 4.24. The number of hydrogen-bond donors (Lipinski definition) is 0. The van der Waals surface area contributed by atoms with E-state index in [1.807, 2.05) is 38.1 Å². The zero-order valence-electron chi connectivity index (χ0n) is 16.0. The summed E-state index contributed by atoms with van der Waals surface area (Å²) < 4.78 is 6.82. The van der Waals surface area contributed by atoms with Gasteiger partial charge in [0.05, 0.1) is 22.9 Å². The largest absolute Gasteiger partial charge is 0.465 e. The maximum Gasteiger partial charge on any atom is 0.319 e. The highest BCUT2D eigenvalue weighted by Gasteiger charge is 2.29. The first-order valence-corrected chi connectivity index (χ1v) is 10.9. The Balaban J connectivity index is 2.10. The van der Waals surface area contributed by atoms with Gasteiger partial charge in [0.25, 0.3) is 5.56 Å². The predicted octanol–water partition coefficient (Wildman–Crippen LogP) is 4.01. The van der Waals surface area contributed by atoms with Crippen molar-refractivity contribution in [2.45, 2.75) is 61.1 Å². The molecule has 0 bridgehead atoms. The molecule has 2 heterocycles. The van der Waals surface area contributed by atoms with Gasteiger partial charge in [-0.2, -0.15) is 0 Å². The van der Waals surface area contributed by atoms with Crippen LogP contribution in [0.25, 0.3) is 5.69 Å². The number of aryl methyl sites for hydroxylation is 1. The molecule has 2 aromatic rings. The molecule has 2 atom stereocenters. The van der Waals surface area contributed by atoms with Crippen molar-refractivity contribution in [3.05, 3.63) is 45.9 Å². The number of ether oxygens (including phenoxy) is 1. The van der Waals surface area contributed by atoms with E-state index in [9.17, 15) is 9.59 Å². The van der Waals surface area contributed by atoms with Gasteiger partial charge in [-0.1, -0.05) is 43.3 Å². The van der Waals surface area contributed by atoms with Gasteiger partial charge in [-0.05, 0) is 32.4 Å². The average molecular weight is 405 g/mol. The standard InChI is InChI=1S/C20H24N2O3S2/c1-5-16(19(24)25-6-2)27-20-21-15-11-13(4)26-17(15)18(23)22(20)14-9-7-12(3)8-10-14/h7-10,13,16H,5-6,11H2,1-4H3/t13-,16+/m0/s1. The molecule has 144 valence electrons. The van der Waals surface area contributed by atoms with E-state index in [1.165, 1.54) is 11.8 Å². The predicted molar refractivity (Wildman–Crippen MR) is 110 cm³/mol. The Hall–Kier alpha value is -1.73. The maximum atomic E-state index is 13.3. The highest BCUT2D eigenvalue weighted by atomic mass is 32.2. The zero-order valence-corrected chi connectivity index (χ0v) is 17.7. The van der Waals surface area contributed by atoms with Crippen LogP contribution in [0.3, 0.4) is 0 Å². The zero-order chi connectivity index (χ0) is 19.6.